The molecule has 0 saturated heterocycles. The Morgan fingerprint density at radius 3 is 2.35 bits per heavy atom. The van der Waals surface area contributed by atoms with Gasteiger partial charge in [0.05, 0.1) is 11.3 Å². The van der Waals surface area contributed by atoms with Crippen LogP contribution < -0.4 is 15.5 Å². The van der Waals surface area contributed by atoms with Gasteiger partial charge in [-0.1, -0.05) is 30.3 Å². The third-order valence-corrected chi connectivity index (χ3v) is 3.72. The van der Waals surface area contributed by atoms with E-state index in [-0.39, 0.29) is 24.4 Å². The third-order valence-electron chi connectivity index (χ3n) is 3.72. The molecule has 2 aromatic carbocycles. The summed E-state index contributed by atoms with van der Waals surface area (Å²) in [6, 6.07) is 17.9. The van der Waals surface area contributed by atoms with E-state index >= 15 is 0 Å². The van der Waals surface area contributed by atoms with E-state index in [4.69, 9.17) is 0 Å². The van der Waals surface area contributed by atoms with Crippen LogP contribution in [0.5, 0.6) is 0 Å². The lowest BCUT2D eigenvalue weighted by molar-refractivity contribution is 0.0951. The monoisotopic (exact) mass is 333 g/mol. The molecular weight excluding hydrogens is 310 g/mol. The highest BCUT2D eigenvalue weighted by Gasteiger charge is 2.15. The minimum absolute atomic E-state index is 0. The van der Waals surface area contributed by atoms with Crippen LogP contribution in [0.4, 0.5) is 11.4 Å². The van der Waals surface area contributed by atoms with E-state index in [0.717, 1.165) is 11.4 Å². The molecule has 23 heavy (non-hydrogen) atoms. The minimum atomic E-state index is -0.0551. The van der Waals surface area contributed by atoms with E-state index in [1.807, 2.05) is 80.5 Å². The molecule has 0 heterocycles. The summed E-state index contributed by atoms with van der Waals surface area (Å²) in [4.78, 5) is 14.5. The Balaban J connectivity index is 0.00000264. The number of likely N-dealkylation sites (N-methyl/N-ethyl adjacent to an activating group) is 1. The Labute approximate surface area is 144 Å². The molecule has 0 saturated carbocycles. The van der Waals surface area contributed by atoms with Crippen LogP contribution in [0.1, 0.15) is 17.3 Å². The summed E-state index contributed by atoms with van der Waals surface area (Å²) >= 11 is 0. The molecule has 1 atom stereocenters. The Kier molecular flexibility index (Phi) is 7.59. The SMILES string of the molecule is CNC(C)CNC(=O)c1ccccc1N(C)c1ccccc1.Cl. The fraction of sp³-hybridized carbons (Fsp3) is 0.278. The lowest BCUT2D eigenvalue weighted by atomic mass is 10.1. The molecule has 2 N–H and O–H groups in total. The number of benzene rings is 2. The van der Waals surface area contributed by atoms with Gasteiger partial charge >= 0.3 is 0 Å². The molecule has 124 valence electrons. The molecule has 4 nitrogen and oxygen atoms in total. The van der Waals surface area contributed by atoms with Crippen LogP contribution in [0.2, 0.25) is 0 Å². The van der Waals surface area contributed by atoms with E-state index in [1.54, 1.807) is 0 Å². The fourth-order valence-electron chi connectivity index (χ4n) is 2.19. The smallest absolute Gasteiger partial charge is 0.253 e. The highest BCUT2D eigenvalue weighted by atomic mass is 35.5. The number of rotatable bonds is 6. The number of carbonyl (C=O) groups is 1. The van der Waals surface area contributed by atoms with Crippen molar-refractivity contribution in [1.29, 1.82) is 0 Å². The summed E-state index contributed by atoms with van der Waals surface area (Å²) < 4.78 is 0. The van der Waals surface area contributed by atoms with Gasteiger partial charge in [0.1, 0.15) is 0 Å². The molecule has 0 spiro atoms. The molecule has 0 aliphatic heterocycles. The molecule has 5 heteroatoms. The Hall–Kier alpha value is -2.04. The molecule has 0 aliphatic rings. The highest BCUT2D eigenvalue weighted by molar-refractivity contribution is 6.00. The standard InChI is InChI=1S/C18H23N3O.ClH/c1-14(19-2)13-20-18(22)16-11-7-8-12-17(16)21(3)15-9-5-4-6-10-15;/h4-12,14,19H,13H2,1-3H3,(H,20,22);1H. The maximum atomic E-state index is 12.5. The maximum Gasteiger partial charge on any atom is 0.253 e. The van der Waals surface area contributed by atoms with Crippen LogP contribution in [0.3, 0.4) is 0 Å². The van der Waals surface area contributed by atoms with Crippen LogP contribution in [0, 0.1) is 0 Å². The lowest BCUT2D eigenvalue weighted by Crippen LogP contribution is -2.37. The van der Waals surface area contributed by atoms with Crippen molar-refractivity contribution in [3.8, 4) is 0 Å². The molecule has 0 radical (unpaired) electrons. The summed E-state index contributed by atoms with van der Waals surface area (Å²) in [7, 11) is 3.85. The third kappa shape index (κ3) is 4.98. The van der Waals surface area contributed by atoms with Gasteiger partial charge in [0.2, 0.25) is 0 Å². The van der Waals surface area contributed by atoms with Gasteiger partial charge in [-0.25, -0.2) is 0 Å². The molecule has 0 bridgehead atoms. The molecule has 2 aromatic rings. The lowest BCUT2D eigenvalue weighted by Gasteiger charge is -2.22. The first-order valence-electron chi connectivity index (χ1n) is 7.46. The van der Waals surface area contributed by atoms with Crippen LogP contribution in [-0.2, 0) is 0 Å². The number of halogens is 1. The topological polar surface area (TPSA) is 44.4 Å². The van der Waals surface area contributed by atoms with Crippen LogP contribution in [0.15, 0.2) is 54.6 Å². The van der Waals surface area contributed by atoms with Gasteiger partial charge in [-0.2, -0.15) is 0 Å². The van der Waals surface area contributed by atoms with Crippen molar-refractivity contribution in [1.82, 2.24) is 10.6 Å². The molecule has 0 aromatic heterocycles. The molecule has 1 unspecified atom stereocenters. The first kappa shape index (κ1) is 19.0. The Bertz CT molecular complexity index is 619. The minimum Gasteiger partial charge on any atom is -0.350 e. The Morgan fingerprint density at radius 2 is 1.70 bits per heavy atom. The van der Waals surface area contributed by atoms with Gasteiger partial charge < -0.3 is 15.5 Å². The Morgan fingerprint density at radius 1 is 1.09 bits per heavy atom. The van der Waals surface area contributed by atoms with Crippen molar-refractivity contribution in [3.63, 3.8) is 0 Å². The number of hydrogen-bond acceptors (Lipinski definition) is 3. The van der Waals surface area contributed by atoms with E-state index in [0.29, 0.717) is 12.1 Å². The molecule has 2 rings (SSSR count). The van der Waals surface area contributed by atoms with Crippen LogP contribution in [-0.4, -0.2) is 32.6 Å². The number of nitrogens with zero attached hydrogens (tertiary/aromatic N) is 1. The number of nitrogens with one attached hydrogen (secondary N) is 2. The summed E-state index contributed by atoms with van der Waals surface area (Å²) in [5.74, 6) is -0.0551. The van der Waals surface area contributed by atoms with Crippen molar-refractivity contribution in [3.05, 3.63) is 60.2 Å². The van der Waals surface area contributed by atoms with E-state index in [2.05, 4.69) is 10.6 Å². The van der Waals surface area contributed by atoms with Crippen LogP contribution in [0.25, 0.3) is 0 Å². The highest BCUT2D eigenvalue weighted by Crippen LogP contribution is 2.26. The molecule has 1 amide bonds. The first-order valence-corrected chi connectivity index (χ1v) is 7.46. The fourth-order valence-corrected chi connectivity index (χ4v) is 2.19. The summed E-state index contributed by atoms with van der Waals surface area (Å²) in [5, 5.41) is 6.08. The second-order valence-electron chi connectivity index (χ2n) is 5.31. The first-order chi connectivity index (χ1) is 10.6. The quantitative estimate of drug-likeness (QED) is 0.853. The summed E-state index contributed by atoms with van der Waals surface area (Å²) in [6.45, 7) is 2.63. The van der Waals surface area contributed by atoms with Gasteiger partial charge in [0.25, 0.3) is 5.91 Å². The summed E-state index contributed by atoms with van der Waals surface area (Å²) in [5.41, 5.74) is 2.62. The zero-order valence-electron chi connectivity index (χ0n) is 13.7. The number of anilines is 2. The van der Waals surface area contributed by atoms with Gasteiger partial charge in [-0.15, -0.1) is 12.4 Å². The normalized spacial score (nSPS) is 11.3. The van der Waals surface area contributed by atoms with E-state index in [1.165, 1.54) is 0 Å². The number of carbonyl (C=O) groups excluding carboxylic acids is 1. The predicted octanol–water partition coefficient (Wildman–Crippen LogP) is 3.21. The average molecular weight is 334 g/mol. The van der Waals surface area contributed by atoms with Gasteiger partial charge in [0, 0.05) is 25.3 Å². The number of amides is 1. The van der Waals surface area contributed by atoms with Crippen molar-refractivity contribution in [2.24, 2.45) is 0 Å². The zero-order valence-corrected chi connectivity index (χ0v) is 14.6. The average Bonchev–Trinajstić information content (AvgIpc) is 2.59. The van der Waals surface area contributed by atoms with Crippen molar-refractivity contribution in [2.45, 2.75) is 13.0 Å². The second-order valence-corrected chi connectivity index (χ2v) is 5.31. The molecular formula is C18H24ClN3O. The van der Waals surface area contributed by atoms with Gasteiger partial charge in [-0.05, 0) is 38.2 Å². The van der Waals surface area contributed by atoms with Gasteiger partial charge in [-0.3, -0.25) is 4.79 Å². The largest absolute Gasteiger partial charge is 0.350 e. The van der Waals surface area contributed by atoms with Crippen molar-refractivity contribution >= 4 is 29.7 Å². The number of para-hydroxylation sites is 2. The molecule has 0 aliphatic carbocycles. The second kappa shape index (κ2) is 9.18. The zero-order chi connectivity index (χ0) is 15.9. The van der Waals surface area contributed by atoms with Crippen LogP contribution >= 0.6 is 12.4 Å². The van der Waals surface area contributed by atoms with Gasteiger partial charge in [0.15, 0.2) is 0 Å². The van der Waals surface area contributed by atoms with Crippen molar-refractivity contribution in [2.75, 3.05) is 25.5 Å². The molecule has 0 fully saturated rings. The van der Waals surface area contributed by atoms with E-state index < -0.39 is 0 Å². The summed E-state index contributed by atoms with van der Waals surface area (Å²) in [6.07, 6.45) is 0. The predicted molar refractivity (Wildman–Crippen MR) is 99.0 cm³/mol. The van der Waals surface area contributed by atoms with Crippen molar-refractivity contribution < 1.29 is 4.79 Å². The van der Waals surface area contributed by atoms with E-state index in [9.17, 15) is 4.79 Å². The maximum absolute atomic E-state index is 12.5. The number of hydrogen-bond donors (Lipinski definition) is 2.